The summed E-state index contributed by atoms with van der Waals surface area (Å²) in [7, 11) is 0. The van der Waals surface area contributed by atoms with E-state index in [0.29, 0.717) is 19.3 Å². The van der Waals surface area contributed by atoms with Gasteiger partial charge in [0.1, 0.15) is 0 Å². The van der Waals surface area contributed by atoms with Gasteiger partial charge < -0.3 is 14.5 Å². The Balaban J connectivity index is 1.30. The van der Waals surface area contributed by atoms with Gasteiger partial charge in [0.25, 0.3) is 0 Å². The molecule has 2 amide bonds. The molecule has 0 saturated carbocycles. The van der Waals surface area contributed by atoms with E-state index in [0.717, 1.165) is 52.1 Å². The first kappa shape index (κ1) is 15.0. The van der Waals surface area contributed by atoms with Gasteiger partial charge in [-0.1, -0.05) is 24.3 Å². The van der Waals surface area contributed by atoms with Crippen molar-refractivity contribution in [3.63, 3.8) is 0 Å². The number of morpholine rings is 1. The summed E-state index contributed by atoms with van der Waals surface area (Å²) in [6.07, 6.45) is 2.17. The van der Waals surface area contributed by atoms with Crippen LogP contribution in [-0.4, -0.2) is 66.2 Å². The van der Waals surface area contributed by atoms with Crippen LogP contribution in [0.3, 0.4) is 0 Å². The molecule has 0 spiro atoms. The predicted octanol–water partition coefficient (Wildman–Crippen LogP) is 1.92. The van der Waals surface area contributed by atoms with Gasteiger partial charge in [0.2, 0.25) is 0 Å². The van der Waals surface area contributed by atoms with Crippen LogP contribution < -0.4 is 0 Å². The second kappa shape index (κ2) is 6.49. The predicted molar refractivity (Wildman–Crippen MR) is 88.1 cm³/mol. The van der Waals surface area contributed by atoms with Gasteiger partial charge in [-0.15, -0.1) is 0 Å². The van der Waals surface area contributed by atoms with Crippen molar-refractivity contribution in [2.45, 2.75) is 32.0 Å². The fraction of sp³-hybridized carbons (Fsp3) is 0.611. The average Bonchev–Trinajstić information content (AvgIpc) is 3.06. The van der Waals surface area contributed by atoms with Gasteiger partial charge in [0, 0.05) is 45.3 Å². The number of nitrogens with zero attached hydrogens (tertiary/aromatic N) is 3. The minimum atomic E-state index is 0.205. The lowest BCUT2D eigenvalue weighted by molar-refractivity contribution is 0.0370. The molecule has 2 saturated heterocycles. The maximum Gasteiger partial charge on any atom is 0.320 e. The zero-order chi connectivity index (χ0) is 15.6. The number of likely N-dealkylation sites (tertiary alicyclic amines) is 1. The van der Waals surface area contributed by atoms with Crippen molar-refractivity contribution in [2.75, 3.05) is 39.4 Å². The highest BCUT2D eigenvalue weighted by atomic mass is 16.5. The lowest BCUT2D eigenvalue weighted by Gasteiger charge is -2.39. The number of carbonyl (C=O) groups excluding carboxylic acids is 1. The molecule has 124 valence electrons. The Morgan fingerprint density at radius 2 is 1.48 bits per heavy atom. The summed E-state index contributed by atoms with van der Waals surface area (Å²) in [5.41, 5.74) is 2.94. The standard InChI is InChI=1S/C18H25N3O2/c22-18(20-9-11-23-12-10-20)19-7-5-17(6-8-19)21-13-15-3-1-2-4-16(15)14-21/h1-4,17H,5-14H2. The summed E-state index contributed by atoms with van der Waals surface area (Å²) in [5.74, 6) is 0. The van der Waals surface area contributed by atoms with Crippen molar-refractivity contribution in [1.82, 2.24) is 14.7 Å². The van der Waals surface area contributed by atoms with Crippen molar-refractivity contribution >= 4 is 6.03 Å². The number of urea groups is 1. The number of carbonyl (C=O) groups is 1. The second-order valence-electron chi connectivity index (χ2n) is 6.77. The average molecular weight is 315 g/mol. The van der Waals surface area contributed by atoms with E-state index >= 15 is 0 Å². The minimum Gasteiger partial charge on any atom is -0.378 e. The van der Waals surface area contributed by atoms with Crippen molar-refractivity contribution < 1.29 is 9.53 Å². The molecule has 1 aromatic carbocycles. The third-order valence-corrected chi connectivity index (χ3v) is 5.40. The zero-order valence-corrected chi connectivity index (χ0v) is 13.6. The van der Waals surface area contributed by atoms with E-state index in [2.05, 4.69) is 29.2 Å². The molecule has 0 radical (unpaired) electrons. The van der Waals surface area contributed by atoms with E-state index in [1.54, 1.807) is 0 Å². The van der Waals surface area contributed by atoms with Crippen molar-refractivity contribution in [1.29, 1.82) is 0 Å². The van der Waals surface area contributed by atoms with Crippen LogP contribution in [0.4, 0.5) is 4.79 Å². The van der Waals surface area contributed by atoms with Gasteiger partial charge in [-0.3, -0.25) is 4.90 Å². The summed E-state index contributed by atoms with van der Waals surface area (Å²) in [6.45, 7) is 6.72. The number of amides is 2. The highest BCUT2D eigenvalue weighted by Gasteiger charge is 2.31. The highest BCUT2D eigenvalue weighted by Crippen LogP contribution is 2.28. The first-order chi connectivity index (χ1) is 11.3. The Hall–Kier alpha value is -1.59. The first-order valence-corrected chi connectivity index (χ1v) is 8.74. The van der Waals surface area contributed by atoms with Gasteiger partial charge in [-0.2, -0.15) is 0 Å². The maximum absolute atomic E-state index is 12.5. The third-order valence-electron chi connectivity index (χ3n) is 5.40. The number of hydrogen-bond donors (Lipinski definition) is 0. The third kappa shape index (κ3) is 3.08. The molecule has 23 heavy (non-hydrogen) atoms. The molecule has 0 aliphatic carbocycles. The molecular weight excluding hydrogens is 290 g/mol. The summed E-state index contributed by atoms with van der Waals surface area (Å²) in [5, 5.41) is 0. The van der Waals surface area contributed by atoms with Gasteiger partial charge >= 0.3 is 6.03 Å². The molecule has 3 aliphatic rings. The quantitative estimate of drug-likeness (QED) is 0.794. The Morgan fingerprint density at radius 3 is 2.09 bits per heavy atom. The highest BCUT2D eigenvalue weighted by molar-refractivity contribution is 5.74. The number of benzene rings is 1. The molecule has 4 rings (SSSR count). The molecule has 5 heteroatoms. The SMILES string of the molecule is O=C(N1CCOCC1)N1CCC(N2Cc3ccccc3C2)CC1. The van der Waals surface area contributed by atoms with E-state index in [1.165, 1.54) is 11.1 Å². The summed E-state index contributed by atoms with van der Waals surface area (Å²) < 4.78 is 5.33. The van der Waals surface area contributed by atoms with Crippen LogP contribution in [0, 0.1) is 0 Å². The second-order valence-corrected chi connectivity index (χ2v) is 6.77. The van der Waals surface area contributed by atoms with Crippen molar-refractivity contribution in [3.05, 3.63) is 35.4 Å². The Bertz CT molecular complexity index is 538. The van der Waals surface area contributed by atoms with Crippen LogP contribution in [-0.2, 0) is 17.8 Å². The van der Waals surface area contributed by atoms with Gasteiger partial charge in [0.15, 0.2) is 0 Å². The smallest absolute Gasteiger partial charge is 0.320 e. The lowest BCUT2D eigenvalue weighted by atomic mass is 10.0. The number of rotatable bonds is 1. The molecule has 0 aromatic heterocycles. The van der Waals surface area contributed by atoms with E-state index < -0.39 is 0 Å². The largest absolute Gasteiger partial charge is 0.378 e. The molecule has 3 heterocycles. The van der Waals surface area contributed by atoms with Crippen LogP contribution in [0.5, 0.6) is 0 Å². The van der Waals surface area contributed by atoms with E-state index in [4.69, 9.17) is 4.74 Å². The summed E-state index contributed by atoms with van der Waals surface area (Å²) in [6, 6.07) is 9.56. The summed E-state index contributed by atoms with van der Waals surface area (Å²) >= 11 is 0. The maximum atomic E-state index is 12.5. The van der Waals surface area contributed by atoms with Crippen molar-refractivity contribution in [3.8, 4) is 0 Å². The molecule has 3 aliphatic heterocycles. The van der Waals surface area contributed by atoms with Gasteiger partial charge in [-0.05, 0) is 24.0 Å². The number of piperidine rings is 1. The monoisotopic (exact) mass is 315 g/mol. The summed E-state index contributed by atoms with van der Waals surface area (Å²) in [4.78, 5) is 19.1. The molecule has 1 aromatic rings. The molecular formula is C18H25N3O2. The van der Waals surface area contributed by atoms with Crippen molar-refractivity contribution in [2.24, 2.45) is 0 Å². The molecule has 5 nitrogen and oxygen atoms in total. The molecule has 0 unspecified atom stereocenters. The van der Waals surface area contributed by atoms with E-state index in [9.17, 15) is 4.79 Å². The van der Waals surface area contributed by atoms with Crippen LogP contribution in [0.1, 0.15) is 24.0 Å². The van der Waals surface area contributed by atoms with Crippen LogP contribution >= 0.6 is 0 Å². The zero-order valence-electron chi connectivity index (χ0n) is 13.6. The fourth-order valence-corrected chi connectivity index (χ4v) is 3.99. The van der Waals surface area contributed by atoms with Crippen LogP contribution in [0.2, 0.25) is 0 Å². The first-order valence-electron chi connectivity index (χ1n) is 8.74. The fourth-order valence-electron chi connectivity index (χ4n) is 3.99. The van der Waals surface area contributed by atoms with E-state index in [-0.39, 0.29) is 6.03 Å². The Labute approximate surface area is 137 Å². The lowest BCUT2D eigenvalue weighted by Crippen LogP contribution is -2.52. The van der Waals surface area contributed by atoms with Crippen LogP contribution in [0.25, 0.3) is 0 Å². The van der Waals surface area contributed by atoms with Gasteiger partial charge in [-0.25, -0.2) is 4.79 Å². The minimum absolute atomic E-state index is 0.205. The normalized spacial score (nSPS) is 23.1. The topological polar surface area (TPSA) is 36.0 Å². The molecule has 2 fully saturated rings. The molecule has 0 N–H and O–H groups in total. The molecule has 0 atom stereocenters. The van der Waals surface area contributed by atoms with Crippen LogP contribution in [0.15, 0.2) is 24.3 Å². The Morgan fingerprint density at radius 1 is 0.913 bits per heavy atom. The number of hydrogen-bond acceptors (Lipinski definition) is 3. The number of ether oxygens (including phenoxy) is 1. The van der Waals surface area contributed by atoms with Gasteiger partial charge in [0.05, 0.1) is 13.2 Å². The Kier molecular flexibility index (Phi) is 4.23. The molecule has 0 bridgehead atoms. The van der Waals surface area contributed by atoms with E-state index in [1.807, 2.05) is 9.80 Å². The number of fused-ring (bicyclic) bond motifs is 1.